The first-order chi connectivity index (χ1) is 7.83. The van der Waals surface area contributed by atoms with E-state index in [1.165, 1.54) is 6.07 Å². The lowest BCUT2D eigenvalue weighted by Gasteiger charge is -2.09. The van der Waals surface area contributed by atoms with E-state index in [-0.39, 0.29) is 22.4 Å². The van der Waals surface area contributed by atoms with E-state index in [2.05, 4.69) is 0 Å². The molecule has 0 aliphatic rings. The summed E-state index contributed by atoms with van der Waals surface area (Å²) in [6.07, 6.45) is 0. The molecule has 0 aromatic heterocycles. The van der Waals surface area contributed by atoms with Gasteiger partial charge in [-0.25, -0.2) is 12.8 Å². The minimum Gasteiger partial charge on any atom is -0.287 e. The zero-order valence-electron chi connectivity index (χ0n) is 9.41. The van der Waals surface area contributed by atoms with Crippen LogP contribution in [0, 0.1) is 11.7 Å². The van der Waals surface area contributed by atoms with Crippen molar-refractivity contribution >= 4 is 21.6 Å². The van der Waals surface area contributed by atoms with Crippen LogP contribution in [0.4, 0.5) is 4.39 Å². The molecule has 0 bridgehead atoms. The quantitative estimate of drug-likeness (QED) is 0.843. The van der Waals surface area contributed by atoms with Crippen LogP contribution in [-0.2, 0) is 14.9 Å². The van der Waals surface area contributed by atoms with Crippen molar-refractivity contribution in [3.05, 3.63) is 29.0 Å². The van der Waals surface area contributed by atoms with Crippen molar-refractivity contribution < 1.29 is 17.6 Å². The summed E-state index contributed by atoms with van der Waals surface area (Å²) in [6, 6.07) is 3.09. The summed E-state index contributed by atoms with van der Waals surface area (Å²) in [6.45, 7) is 3.94. The van der Waals surface area contributed by atoms with Gasteiger partial charge >= 0.3 is 0 Å². The zero-order chi connectivity index (χ0) is 13.1. The van der Waals surface area contributed by atoms with E-state index in [9.17, 15) is 12.8 Å². The van der Waals surface area contributed by atoms with Gasteiger partial charge in [0.15, 0.2) is 0 Å². The summed E-state index contributed by atoms with van der Waals surface area (Å²) < 4.78 is 36.3. The number of hydrogen-bond acceptors (Lipinski definition) is 3. The Morgan fingerprint density at radius 2 is 2.12 bits per heavy atom. The number of nitrogens with one attached hydrogen (secondary N) is 1. The average Bonchev–Trinajstić information content (AvgIpc) is 2.20. The van der Waals surface area contributed by atoms with Crippen LogP contribution < -0.4 is 4.89 Å². The fourth-order valence-corrected chi connectivity index (χ4v) is 2.33. The molecule has 7 heteroatoms. The van der Waals surface area contributed by atoms with Crippen molar-refractivity contribution in [3.8, 4) is 0 Å². The highest BCUT2D eigenvalue weighted by atomic mass is 35.5. The van der Waals surface area contributed by atoms with Gasteiger partial charge in [-0.15, -0.1) is 0 Å². The van der Waals surface area contributed by atoms with Gasteiger partial charge in [-0.05, 0) is 24.1 Å². The number of benzene rings is 1. The Morgan fingerprint density at radius 3 is 2.71 bits per heavy atom. The Morgan fingerprint density at radius 1 is 1.47 bits per heavy atom. The lowest BCUT2D eigenvalue weighted by Crippen LogP contribution is -2.26. The van der Waals surface area contributed by atoms with Gasteiger partial charge in [0.25, 0.3) is 10.0 Å². The summed E-state index contributed by atoms with van der Waals surface area (Å²) >= 11 is 5.68. The highest BCUT2D eigenvalue weighted by Crippen LogP contribution is 2.21. The maximum Gasteiger partial charge on any atom is 0.264 e. The van der Waals surface area contributed by atoms with Crippen LogP contribution in [0.5, 0.6) is 0 Å². The van der Waals surface area contributed by atoms with Crippen molar-refractivity contribution in [1.29, 1.82) is 0 Å². The molecule has 0 spiro atoms. The minimum absolute atomic E-state index is 0.0629. The van der Waals surface area contributed by atoms with E-state index in [4.69, 9.17) is 16.4 Å². The van der Waals surface area contributed by atoms with Gasteiger partial charge in [-0.3, -0.25) is 4.84 Å². The van der Waals surface area contributed by atoms with E-state index in [0.29, 0.717) is 0 Å². The first kappa shape index (κ1) is 14.4. The molecule has 0 atom stereocenters. The summed E-state index contributed by atoms with van der Waals surface area (Å²) in [5.41, 5.74) is 0. The lowest BCUT2D eigenvalue weighted by molar-refractivity contribution is 0.0718. The Bertz CT molecular complexity index is 490. The van der Waals surface area contributed by atoms with Gasteiger partial charge in [0.1, 0.15) is 10.7 Å². The van der Waals surface area contributed by atoms with E-state index < -0.39 is 15.8 Å². The Balaban J connectivity index is 2.86. The van der Waals surface area contributed by atoms with Gasteiger partial charge < -0.3 is 0 Å². The zero-order valence-corrected chi connectivity index (χ0v) is 11.0. The maximum atomic E-state index is 12.9. The third-order valence-electron chi connectivity index (χ3n) is 1.77. The monoisotopic (exact) mass is 281 g/mol. The largest absolute Gasteiger partial charge is 0.287 e. The number of rotatable bonds is 5. The summed E-state index contributed by atoms with van der Waals surface area (Å²) in [5, 5.41) is -0.0629. The van der Waals surface area contributed by atoms with Crippen LogP contribution in [-0.4, -0.2) is 15.0 Å². The van der Waals surface area contributed by atoms with Crippen LogP contribution >= 0.6 is 11.6 Å². The molecule has 1 rings (SSSR count). The van der Waals surface area contributed by atoms with Gasteiger partial charge in [-0.1, -0.05) is 30.3 Å². The molecule has 0 amide bonds. The predicted octanol–water partition coefficient (Wildman–Crippen LogP) is 2.35. The van der Waals surface area contributed by atoms with Gasteiger partial charge in [0.05, 0.1) is 11.6 Å². The maximum absolute atomic E-state index is 12.9. The van der Waals surface area contributed by atoms with E-state index >= 15 is 0 Å². The van der Waals surface area contributed by atoms with Crippen molar-refractivity contribution in [2.45, 2.75) is 18.7 Å². The predicted molar refractivity (Wildman–Crippen MR) is 62.5 cm³/mol. The van der Waals surface area contributed by atoms with Gasteiger partial charge in [0.2, 0.25) is 0 Å². The molecule has 0 saturated heterocycles. The average molecular weight is 282 g/mol. The molecule has 17 heavy (non-hydrogen) atoms. The van der Waals surface area contributed by atoms with Gasteiger partial charge in [-0.2, -0.15) is 0 Å². The fourth-order valence-electron chi connectivity index (χ4n) is 1.01. The van der Waals surface area contributed by atoms with Crippen LogP contribution in [0.1, 0.15) is 13.8 Å². The topological polar surface area (TPSA) is 55.4 Å². The van der Waals surface area contributed by atoms with Crippen molar-refractivity contribution in [2.24, 2.45) is 5.92 Å². The number of sulfonamides is 1. The molecule has 0 radical (unpaired) electrons. The Kier molecular flexibility index (Phi) is 4.88. The van der Waals surface area contributed by atoms with E-state index in [0.717, 1.165) is 12.1 Å². The van der Waals surface area contributed by atoms with Crippen molar-refractivity contribution in [2.75, 3.05) is 6.61 Å². The molecule has 0 unspecified atom stereocenters. The molecule has 4 nitrogen and oxygen atoms in total. The van der Waals surface area contributed by atoms with E-state index in [1.54, 1.807) is 0 Å². The van der Waals surface area contributed by atoms with Crippen molar-refractivity contribution in [3.63, 3.8) is 0 Å². The molecular formula is C10H13ClFNO3S. The highest BCUT2D eigenvalue weighted by Gasteiger charge is 2.19. The molecule has 96 valence electrons. The smallest absolute Gasteiger partial charge is 0.264 e. The summed E-state index contributed by atoms with van der Waals surface area (Å²) in [7, 11) is -3.95. The molecule has 0 aliphatic heterocycles. The normalized spacial score (nSPS) is 12.1. The molecule has 1 aromatic carbocycles. The van der Waals surface area contributed by atoms with Crippen LogP contribution in [0.2, 0.25) is 5.02 Å². The Hall–Kier alpha value is -0.690. The molecule has 1 N–H and O–H groups in total. The first-order valence-corrected chi connectivity index (χ1v) is 6.77. The Labute approximate surface area is 105 Å². The number of hydrogen-bond donors (Lipinski definition) is 1. The van der Waals surface area contributed by atoms with Gasteiger partial charge in [0, 0.05) is 0 Å². The SMILES string of the molecule is CC(C)CONS(=O)(=O)c1cc(F)ccc1Cl. The minimum atomic E-state index is -3.95. The number of halogens is 2. The molecule has 0 aliphatic carbocycles. The third-order valence-corrected chi connectivity index (χ3v) is 3.46. The lowest BCUT2D eigenvalue weighted by atomic mass is 10.2. The second-order valence-electron chi connectivity index (χ2n) is 3.87. The summed E-state index contributed by atoms with van der Waals surface area (Å²) in [5.74, 6) is -0.515. The molecular weight excluding hydrogens is 269 g/mol. The van der Waals surface area contributed by atoms with Crippen molar-refractivity contribution in [1.82, 2.24) is 4.89 Å². The molecule has 0 fully saturated rings. The highest BCUT2D eigenvalue weighted by molar-refractivity contribution is 7.89. The second kappa shape index (κ2) is 5.77. The first-order valence-electron chi connectivity index (χ1n) is 4.91. The van der Waals surface area contributed by atoms with E-state index in [1.807, 2.05) is 18.7 Å². The fraction of sp³-hybridized carbons (Fsp3) is 0.400. The van der Waals surface area contributed by atoms with Crippen LogP contribution in [0.15, 0.2) is 23.1 Å². The molecule has 0 heterocycles. The van der Waals surface area contributed by atoms with Crippen LogP contribution in [0.25, 0.3) is 0 Å². The van der Waals surface area contributed by atoms with Crippen LogP contribution in [0.3, 0.4) is 0 Å². The molecule has 0 saturated carbocycles. The second-order valence-corrected chi connectivity index (χ2v) is 5.89. The third kappa shape index (κ3) is 4.23. The summed E-state index contributed by atoms with van der Waals surface area (Å²) in [4.78, 5) is 6.34. The standard InChI is InChI=1S/C10H13ClFNO3S/c1-7(2)6-16-13-17(14,15)10-5-8(12)3-4-9(10)11/h3-5,7,13H,6H2,1-2H3. The molecule has 1 aromatic rings.